The third-order valence-electron chi connectivity index (χ3n) is 3.28. The number of likely N-dealkylation sites (N-methyl/N-ethyl adjacent to an activating group) is 1. The zero-order valence-corrected chi connectivity index (χ0v) is 13.3. The predicted octanol–water partition coefficient (Wildman–Crippen LogP) is 2.44. The smallest absolute Gasteiger partial charge is 0.313 e. The van der Waals surface area contributed by atoms with E-state index in [-0.39, 0.29) is 0 Å². The second kappa shape index (κ2) is 7.40. The first-order valence-electron chi connectivity index (χ1n) is 7.35. The highest BCUT2D eigenvalue weighted by Gasteiger charge is 2.20. The first-order chi connectivity index (χ1) is 11.0. The summed E-state index contributed by atoms with van der Waals surface area (Å²) in [5.74, 6) is -1.21. The Bertz CT molecular complexity index is 690. The standard InChI is InChI=1S/C17H20N4O2/c1-4-21(11-12(2)3)17(23)16(22)19-14-7-5-13(6-8-14)15-9-10-18-20-15/h5-10H,2,4,11H2,1,3H3,(H,18,20)(H,19,22). The number of carbonyl (C=O) groups is 2. The quantitative estimate of drug-likeness (QED) is 0.657. The average molecular weight is 312 g/mol. The summed E-state index contributed by atoms with van der Waals surface area (Å²) in [6, 6.07) is 9.04. The fourth-order valence-corrected chi connectivity index (χ4v) is 2.13. The minimum atomic E-state index is -0.651. The number of nitrogens with one attached hydrogen (secondary N) is 2. The first kappa shape index (κ1) is 16.5. The topological polar surface area (TPSA) is 78.1 Å². The van der Waals surface area contributed by atoms with Crippen LogP contribution >= 0.6 is 0 Å². The molecule has 0 spiro atoms. The Hall–Kier alpha value is -2.89. The van der Waals surface area contributed by atoms with Crippen molar-refractivity contribution < 1.29 is 9.59 Å². The second-order valence-corrected chi connectivity index (χ2v) is 5.28. The van der Waals surface area contributed by atoms with Gasteiger partial charge in [-0.15, -0.1) is 0 Å². The van der Waals surface area contributed by atoms with Crippen molar-refractivity contribution in [2.45, 2.75) is 13.8 Å². The van der Waals surface area contributed by atoms with Crippen molar-refractivity contribution in [3.05, 3.63) is 48.7 Å². The van der Waals surface area contributed by atoms with Gasteiger partial charge in [0, 0.05) is 25.0 Å². The molecular weight excluding hydrogens is 292 g/mol. The Morgan fingerprint density at radius 1 is 1.26 bits per heavy atom. The molecule has 2 rings (SSSR count). The van der Waals surface area contributed by atoms with Crippen LogP contribution in [0.4, 0.5) is 5.69 Å². The molecular formula is C17H20N4O2. The molecule has 120 valence electrons. The van der Waals surface area contributed by atoms with Crippen LogP contribution in [0.15, 0.2) is 48.7 Å². The van der Waals surface area contributed by atoms with Crippen LogP contribution in [0, 0.1) is 0 Å². The Morgan fingerprint density at radius 3 is 2.48 bits per heavy atom. The Balaban J connectivity index is 2.02. The highest BCUT2D eigenvalue weighted by molar-refractivity contribution is 6.39. The van der Waals surface area contributed by atoms with Crippen molar-refractivity contribution in [1.82, 2.24) is 15.1 Å². The summed E-state index contributed by atoms with van der Waals surface area (Å²) in [6.07, 6.45) is 1.67. The summed E-state index contributed by atoms with van der Waals surface area (Å²) < 4.78 is 0. The summed E-state index contributed by atoms with van der Waals surface area (Å²) in [4.78, 5) is 25.6. The van der Waals surface area contributed by atoms with Crippen LogP contribution < -0.4 is 5.32 Å². The zero-order chi connectivity index (χ0) is 16.8. The molecule has 1 aromatic carbocycles. The third kappa shape index (κ3) is 4.29. The highest BCUT2D eigenvalue weighted by Crippen LogP contribution is 2.18. The largest absolute Gasteiger partial charge is 0.331 e. The predicted molar refractivity (Wildman–Crippen MR) is 89.7 cm³/mol. The number of hydrogen-bond donors (Lipinski definition) is 2. The van der Waals surface area contributed by atoms with E-state index in [4.69, 9.17) is 0 Å². The van der Waals surface area contributed by atoms with Crippen LogP contribution in [0.25, 0.3) is 11.3 Å². The van der Waals surface area contributed by atoms with Crippen LogP contribution in [0.1, 0.15) is 13.8 Å². The molecule has 2 amide bonds. The van der Waals surface area contributed by atoms with Gasteiger partial charge in [0.05, 0.1) is 5.69 Å². The molecule has 0 radical (unpaired) electrons. The molecule has 0 aliphatic rings. The van der Waals surface area contributed by atoms with Gasteiger partial charge in [0.2, 0.25) is 0 Å². The molecule has 2 aromatic rings. The third-order valence-corrected chi connectivity index (χ3v) is 3.28. The van der Waals surface area contributed by atoms with E-state index in [1.54, 1.807) is 18.3 Å². The molecule has 0 bridgehead atoms. The van der Waals surface area contributed by atoms with Gasteiger partial charge in [-0.25, -0.2) is 0 Å². The number of hydrogen-bond acceptors (Lipinski definition) is 3. The normalized spacial score (nSPS) is 10.2. The van der Waals surface area contributed by atoms with E-state index in [9.17, 15) is 9.59 Å². The van der Waals surface area contributed by atoms with E-state index >= 15 is 0 Å². The fourth-order valence-electron chi connectivity index (χ4n) is 2.13. The molecule has 6 nitrogen and oxygen atoms in total. The zero-order valence-electron chi connectivity index (χ0n) is 13.3. The Labute approximate surface area is 135 Å². The van der Waals surface area contributed by atoms with Crippen molar-refractivity contribution in [2.24, 2.45) is 0 Å². The second-order valence-electron chi connectivity index (χ2n) is 5.28. The van der Waals surface area contributed by atoms with Crippen molar-refractivity contribution >= 4 is 17.5 Å². The van der Waals surface area contributed by atoms with E-state index in [0.717, 1.165) is 16.8 Å². The molecule has 1 heterocycles. The van der Waals surface area contributed by atoms with Gasteiger partial charge in [0.15, 0.2) is 0 Å². The van der Waals surface area contributed by atoms with E-state index in [2.05, 4.69) is 22.1 Å². The van der Waals surface area contributed by atoms with Crippen molar-refractivity contribution in [2.75, 3.05) is 18.4 Å². The molecule has 0 saturated carbocycles. The van der Waals surface area contributed by atoms with E-state index < -0.39 is 11.8 Å². The summed E-state index contributed by atoms with van der Waals surface area (Å²) in [5.41, 5.74) is 3.23. The molecule has 2 N–H and O–H groups in total. The number of anilines is 1. The highest BCUT2D eigenvalue weighted by atomic mass is 16.2. The van der Waals surface area contributed by atoms with Gasteiger partial charge < -0.3 is 10.2 Å². The molecule has 0 unspecified atom stereocenters. The SMILES string of the molecule is C=C(C)CN(CC)C(=O)C(=O)Nc1ccc(-c2ccn[nH]2)cc1. The number of aromatic nitrogens is 2. The maximum atomic E-state index is 12.1. The average Bonchev–Trinajstić information content (AvgIpc) is 3.06. The van der Waals surface area contributed by atoms with Crippen molar-refractivity contribution in [1.29, 1.82) is 0 Å². The van der Waals surface area contributed by atoms with Crippen LogP contribution in [-0.4, -0.2) is 40.0 Å². The summed E-state index contributed by atoms with van der Waals surface area (Å²) >= 11 is 0. The minimum absolute atomic E-state index is 0.377. The number of amides is 2. The van der Waals surface area contributed by atoms with E-state index in [1.807, 2.05) is 32.0 Å². The number of carbonyl (C=O) groups excluding carboxylic acids is 2. The molecule has 0 fully saturated rings. The molecule has 0 aliphatic heterocycles. The van der Waals surface area contributed by atoms with Gasteiger partial charge >= 0.3 is 11.8 Å². The molecule has 1 aromatic heterocycles. The van der Waals surface area contributed by atoms with Gasteiger partial charge in [-0.1, -0.05) is 24.3 Å². The van der Waals surface area contributed by atoms with Gasteiger partial charge in [-0.3, -0.25) is 14.7 Å². The van der Waals surface area contributed by atoms with Crippen molar-refractivity contribution in [3.8, 4) is 11.3 Å². The Kier molecular flexibility index (Phi) is 5.30. The molecule has 0 atom stereocenters. The maximum Gasteiger partial charge on any atom is 0.313 e. The Morgan fingerprint density at radius 2 is 1.96 bits per heavy atom. The summed E-state index contributed by atoms with van der Waals surface area (Å²) in [6.45, 7) is 8.25. The van der Waals surface area contributed by atoms with Crippen LogP contribution in [0.2, 0.25) is 0 Å². The fraction of sp³-hybridized carbons (Fsp3) is 0.235. The lowest BCUT2D eigenvalue weighted by Gasteiger charge is -2.20. The van der Waals surface area contributed by atoms with Gasteiger partial charge in [-0.2, -0.15) is 5.10 Å². The van der Waals surface area contributed by atoms with Gasteiger partial charge in [-0.05, 0) is 37.6 Å². The van der Waals surface area contributed by atoms with Gasteiger partial charge in [0.25, 0.3) is 0 Å². The molecule has 0 aliphatic carbocycles. The lowest BCUT2D eigenvalue weighted by atomic mass is 10.1. The van der Waals surface area contributed by atoms with Crippen LogP contribution in [0.5, 0.6) is 0 Å². The summed E-state index contributed by atoms with van der Waals surface area (Å²) in [7, 11) is 0. The summed E-state index contributed by atoms with van der Waals surface area (Å²) in [5, 5.41) is 9.38. The first-order valence-corrected chi connectivity index (χ1v) is 7.35. The van der Waals surface area contributed by atoms with E-state index in [0.29, 0.717) is 18.8 Å². The lowest BCUT2D eigenvalue weighted by Crippen LogP contribution is -2.40. The molecule has 23 heavy (non-hydrogen) atoms. The number of H-pyrrole nitrogens is 1. The minimum Gasteiger partial charge on any atom is -0.331 e. The lowest BCUT2D eigenvalue weighted by molar-refractivity contribution is -0.142. The van der Waals surface area contributed by atoms with Gasteiger partial charge in [0.1, 0.15) is 0 Å². The number of aromatic amines is 1. The monoisotopic (exact) mass is 312 g/mol. The van der Waals surface area contributed by atoms with E-state index in [1.165, 1.54) is 4.90 Å². The molecule has 0 saturated heterocycles. The van der Waals surface area contributed by atoms with Crippen LogP contribution in [-0.2, 0) is 9.59 Å². The maximum absolute atomic E-state index is 12.1. The van der Waals surface area contributed by atoms with Crippen LogP contribution in [0.3, 0.4) is 0 Å². The number of nitrogens with zero attached hydrogens (tertiary/aromatic N) is 2. The number of rotatable bonds is 5. The number of benzene rings is 1. The van der Waals surface area contributed by atoms with Crippen molar-refractivity contribution in [3.63, 3.8) is 0 Å². The molecule has 6 heteroatoms.